The van der Waals surface area contributed by atoms with Crippen LogP contribution in [-0.4, -0.2) is 38.3 Å². The third kappa shape index (κ3) is 7.43. The second-order valence-corrected chi connectivity index (χ2v) is 8.67. The molecule has 0 spiro atoms. The first-order valence-electron chi connectivity index (χ1n) is 10.2. The van der Waals surface area contributed by atoms with E-state index in [9.17, 15) is 4.79 Å². The van der Waals surface area contributed by atoms with Gasteiger partial charge in [0.2, 0.25) is 0 Å². The number of benzene rings is 2. The van der Waals surface area contributed by atoms with Crippen molar-refractivity contribution in [2.45, 2.75) is 39.8 Å². The quantitative estimate of drug-likeness (QED) is 0.485. The van der Waals surface area contributed by atoms with Gasteiger partial charge in [-0.05, 0) is 57.0 Å². The van der Waals surface area contributed by atoms with Gasteiger partial charge in [-0.2, -0.15) is 0 Å². The Bertz CT molecular complexity index is 813. The molecular formula is C23H33ClN4O2. The number of aryl methyl sites for hydroxylation is 1. The van der Waals surface area contributed by atoms with Gasteiger partial charge in [0.15, 0.2) is 0 Å². The van der Waals surface area contributed by atoms with Crippen molar-refractivity contribution in [3.63, 3.8) is 0 Å². The van der Waals surface area contributed by atoms with Gasteiger partial charge < -0.3 is 26.0 Å². The number of anilines is 3. The SMILES string of the molecule is CC(C)(C)OC=O.Cc1ccc(N2CCNCC2)c(N)c1NCc1ccc(Cl)cc1. The topological polar surface area (TPSA) is 79.6 Å². The second kappa shape index (κ2) is 11.1. The number of carbonyl (C=O) groups excluding carboxylic acids is 1. The number of hydrogen-bond donors (Lipinski definition) is 3. The zero-order valence-corrected chi connectivity index (χ0v) is 19.1. The minimum absolute atomic E-state index is 0.318. The Balaban J connectivity index is 0.000000396. The van der Waals surface area contributed by atoms with Gasteiger partial charge in [-0.25, -0.2) is 0 Å². The Morgan fingerprint density at radius 2 is 1.80 bits per heavy atom. The summed E-state index contributed by atoms with van der Waals surface area (Å²) < 4.78 is 4.55. The predicted molar refractivity (Wildman–Crippen MR) is 126 cm³/mol. The maximum Gasteiger partial charge on any atom is 0.293 e. The van der Waals surface area contributed by atoms with Crippen LogP contribution in [0.3, 0.4) is 0 Å². The number of halogens is 1. The summed E-state index contributed by atoms with van der Waals surface area (Å²) >= 11 is 5.94. The third-order valence-corrected chi connectivity index (χ3v) is 4.92. The summed E-state index contributed by atoms with van der Waals surface area (Å²) in [5.74, 6) is 0. The minimum atomic E-state index is -0.318. The molecule has 4 N–H and O–H groups in total. The second-order valence-electron chi connectivity index (χ2n) is 8.23. The molecule has 0 unspecified atom stereocenters. The fourth-order valence-corrected chi connectivity index (χ4v) is 3.20. The highest BCUT2D eigenvalue weighted by Gasteiger charge is 2.16. The molecule has 3 rings (SSSR count). The summed E-state index contributed by atoms with van der Waals surface area (Å²) in [6.07, 6.45) is 0. The van der Waals surface area contributed by atoms with Crippen LogP contribution in [0.1, 0.15) is 31.9 Å². The molecule has 2 aromatic rings. The van der Waals surface area contributed by atoms with Crippen molar-refractivity contribution < 1.29 is 9.53 Å². The summed E-state index contributed by atoms with van der Waals surface area (Å²) in [7, 11) is 0. The largest absolute Gasteiger partial charge is 0.462 e. The van der Waals surface area contributed by atoms with Crippen LogP contribution < -0.4 is 21.3 Å². The van der Waals surface area contributed by atoms with Crippen LogP contribution in [-0.2, 0) is 16.1 Å². The normalized spacial score (nSPS) is 13.8. The Hall–Kier alpha value is -2.44. The zero-order chi connectivity index (χ0) is 22.1. The van der Waals surface area contributed by atoms with Crippen LogP contribution >= 0.6 is 11.6 Å². The number of hydrogen-bond acceptors (Lipinski definition) is 6. The first-order chi connectivity index (χ1) is 14.2. The molecule has 1 heterocycles. The lowest BCUT2D eigenvalue weighted by atomic mass is 10.1. The van der Waals surface area contributed by atoms with Crippen LogP contribution in [0, 0.1) is 6.92 Å². The molecule has 0 radical (unpaired) electrons. The number of nitrogen functional groups attached to an aromatic ring is 1. The van der Waals surface area contributed by atoms with E-state index in [0.29, 0.717) is 6.47 Å². The Morgan fingerprint density at radius 3 is 2.33 bits per heavy atom. The maximum atomic E-state index is 9.60. The van der Waals surface area contributed by atoms with Crippen LogP contribution in [0.4, 0.5) is 17.1 Å². The van der Waals surface area contributed by atoms with E-state index >= 15 is 0 Å². The van der Waals surface area contributed by atoms with Crippen molar-refractivity contribution in [2.75, 3.05) is 42.1 Å². The molecule has 0 amide bonds. The third-order valence-electron chi connectivity index (χ3n) is 4.67. The van der Waals surface area contributed by atoms with E-state index in [2.05, 4.69) is 39.3 Å². The summed E-state index contributed by atoms with van der Waals surface area (Å²) in [5, 5.41) is 7.61. The molecule has 0 aliphatic carbocycles. The van der Waals surface area contributed by atoms with E-state index in [1.54, 1.807) is 0 Å². The van der Waals surface area contributed by atoms with Crippen LogP contribution in [0.5, 0.6) is 0 Å². The van der Waals surface area contributed by atoms with E-state index in [-0.39, 0.29) is 5.60 Å². The average Bonchev–Trinajstić information content (AvgIpc) is 2.69. The molecule has 1 fully saturated rings. The first-order valence-corrected chi connectivity index (χ1v) is 10.5. The fraction of sp³-hybridized carbons (Fsp3) is 0.435. The van der Waals surface area contributed by atoms with Crippen LogP contribution in [0.15, 0.2) is 36.4 Å². The molecule has 6 nitrogen and oxygen atoms in total. The summed E-state index contributed by atoms with van der Waals surface area (Å²) in [6.45, 7) is 12.7. The number of ether oxygens (including phenoxy) is 1. The monoisotopic (exact) mass is 432 g/mol. The lowest BCUT2D eigenvalue weighted by Gasteiger charge is -2.31. The summed E-state index contributed by atoms with van der Waals surface area (Å²) in [4.78, 5) is 11.9. The number of nitrogens with zero attached hydrogens (tertiary/aromatic N) is 1. The minimum Gasteiger partial charge on any atom is -0.462 e. The zero-order valence-electron chi connectivity index (χ0n) is 18.3. The lowest BCUT2D eigenvalue weighted by Crippen LogP contribution is -2.43. The van der Waals surface area contributed by atoms with Crippen LogP contribution in [0.2, 0.25) is 5.02 Å². The first kappa shape index (κ1) is 23.8. The standard InChI is InChI=1S/C18H23ClN4.C5H10O2/c1-13-2-7-16(23-10-8-21-9-11-23)17(20)18(13)22-12-14-3-5-15(19)6-4-14;1-5(2,3)7-4-6/h2-7,21-22H,8-12,20H2,1H3;4H,1-3H3. The molecule has 164 valence electrons. The predicted octanol–water partition coefficient (Wildman–Crippen LogP) is 4.21. The molecule has 0 saturated carbocycles. The number of carbonyl (C=O) groups is 1. The van der Waals surface area contributed by atoms with Crippen molar-refractivity contribution in [3.8, 4) is 0 Å². The number of piperazine rings is 1. The van der Waals surface area contributed by atoms with Gasteiger partial charge in [-0.3, -0.25) is 4.79 Å². The fourth-order valence-electron chi connectivity index (χ4n) is 3.07. The summed E-state index contributed by atoms with van der Waals surface area (Å²) in [6, 6.07) is 12.1. The van der Waals surface area contributed by atoms with E-state index in [0.717, 1.165) is 60.4 Å². The molecule has 7 heteroatoms. The van der Waals surface area contributed by atoms with Gasteiger partial charge in [0.25, 0.3) is 6.47 Å². The lowest BCUT2D eigenvalue weighted by molar-refractivity contribution is -0.138. The molecule has 1 saturated heterocycles. The highest BCUT2D eigenvalue weighted by atomic mass is 35.5. The van der Waals surface area contributed by atoms with Gasteiger partial charge >= 0.3 is 0 Å². The molecule has 1 aliphatic rings. The van der Waals surface area contributed by atoms with Gasteiger partial charge in [0, 0.05) is 37.7 Å². The van der Waals surface area contributed by atoms with E-state index in [4.69, 9.17) is 17.3 Å². The molecular weight excluding hydrogens is 400 g/mol. The number of nitrogens with one attached hydrogen (secondary N) is 2. The van der Waals surface area contributed by atoms with E-state index in [1.807, 2.05) is 45.0 Å². The summed E-state index contributed by atoms with van der Waals surface area (Å²) in [5.41, 5.74) is 11.5. The Morgan fingerprint density at radius 1 is 1.17 bits per heavy atom. The molecule has 1 aliphatic heterocycles. The highest BCUT2D eigenvalue weighted by Crippen LogP contribution is 2.34. The molecule has 30 heavy (non-hydrogen) atoms. The van der Waals surface area contributed by atoms with Crippen molar-refractivity contribution in [2.24, 2.45) is 0 Å². The van der Waals surface area contributed by atoms with Crippen molar-refractivity contribution in [1.82, 2.24) is 5.32 Å². The smallest absolute Gasteiger partial charge is 0.293 e. The van der Waals surface area contributed by atoms with E-state index < -0.39 is 0 Å². The maximum absolute atomic E-state index is 9.60. The Labute approximate surface area is 184 Å². The van der Waals surface area contributed by atoms with Gasteiger partial charge in [-0.15, -0.1) is 0 Å². The van der Waals surface area contributed by atoms with Crippen molar-refractivity contribution in [3.05, 3.63) is 52.5 Å². The van der Waals surface area contributed by atoms with Gasteiger partial charge in [0.1, 0.15) is 5.60 Å². The van der Waals surface area contributed by atoms with Gasteiger partial charge in [0.05, 0.1) is 17.1 Å². The highest BCUT2D eigenvalue weighted by molar-refractivity contribution is 6.30. The van der Waals surface area contributed by atoms with Crippen LogP contribution in [0.25, 0.3) is 0 Å². The number of rotatable bonds is 5. The molecule has 0 bridgehead atoms. The van der Waals surface area contributed by atoms with Crippen molar-refractivity contribution >= 4 is 35.1 Å². The van der Waals surface area contributed by atoms with Crippen molar-refractivity contribution in [1.29, 1.82) is 0 Å². The molecule has 0 atom stereocenters. The average molecular weight is 433 g/mol. The van der Waals surface area contributed by atoms with Gasteiger partial charge in [-0.1, -0.05) is 29.8 Å². The Kier molecular flexibility index (Phi) is 8.81. The number of nitrogens with two attached hydrogens (primary N) is 1. The molecule has 0 aromatic heterocycles. The molecule has 2 aromatic carbocycles. The van der Waals surface area contributed by atoms with E-state index in [1.165, 1.54) is 5.56 Å².